The summed E-state index contributed by atoms with van der Waals surface area (Å²) in [5.41, 5.74) is 1.36. The van der Waals surface area contributed by atoms with E-state index >= 15 is 0 Å². The van der Waals surface area contributed by atoms with Crippen LogP contribution in [0, 0.1) is 6.92 Å². The highest BCUT2D eigenvalue weighted by atomic mass is 35.5. The number of ether oxygens (including phenoxy) is 1. The second-order valence-corrected chi connectivity index (χ2v) is 5.43. The molecular weight excluding hydrogens is 309 g/mol. The van der Waals surface area contributed by atoms with E-state index in [1.54, 1.807) is 25.1 Å². The van der Waals surface area contributed by atoms with Gasteiger partial charge in [0.05, 0.1) is 15.7 Å². The van der Waals surface area contributed by atoms with Crippen LogP contribution in [-0.2, 0) is 4.79 Å². The molecule has 0 saturated carbocycles. The average molecular weight is 324 g/mol. The third kappa shape index (κ3) is 3.90. The number of aryl methyl sites for hydroxylation is 1. The zero-order valence-corrected chi connectivity index (χ0v) is 13.2. The maximum atomic E-state index is 12.2. The van der Waals surface area contributed by atoms with E-state index in [0.29, 0.717) is 21.5 Å². The van der Waals surface area contributed by atoms with Gasteiger partial charge in [-0.15, -0.1) is 0 Å². The van der Waals surface area contributed by atoms with Crippen LogP contribution in [0.2, 0.25) is 10.0 Å². The highest BCUT2D eigenvalue weighted by Crippen LogP contribution is 2.30. The normalized spacial score (nSPS) is 11.8. The van der Waals surface area contributed by atoms with Gasteiger partial charge in [-0.05, 0) is 37.6 Å². The molecule has 0 aliphatic carbocycles. The van der Waals surface area contributed by atoms with Crippen LogP contribution >= 0.6 is 23.2 Å². The predicted molar refractivity (Wildman–Crippen MR) is 86.4 cm³/mol. The first-order valence-corrected chi connectivity index (χ1v) is 7.22. The average Bonchev–Trinajstić information content (AvgIpc) is 2.45. The number of rotatable bonds is 4. The molecule has 2 rings (SSSR count). The highest BCUT2D eigenvalue weighted by Gasteiger charge is 2.18. The number of hydrogen-bond donors (Lipinski definition) is 1. The van der Waals surface area contributed by atoms with Gasteiger partial charge in [-0.25, -0.2) is 0 Å². The van der Waals surface area contributed by atoms with Crippen molar-refractivity contribution >= 4 is 34.8 Å². The zero-order valence-electron chi connectivity index (χ0n) is 11.7. The minimum absolute atomic E-state index is 0.312. The second kappa shape index (κ2) is 6.83. The Morgan fingerprint density at radius 2 is 1.71 bits per heavy atom. The summed E-state index contributed by atoms with van der Waals surface area (Å²) < 4.78 is 5.66. The first-order valence-electron chi connectivity index (χ1n) is 6.46. The fourth-order valence-corrected chi connectivity index (χ4v) is 2.27. The molecule has 2 aromatic rings. The van der Waals surface area contributed by atoms with E-state index in [4.69, 9.17) is 27.9 Å². The lowest BCUT2D eigenvalue weighted by molar-refractivity contribution is -0.122. The Kier molecular flexibility index (Phi) is 5.10. The number of benzene rings is 2. The van der Waals surface area contributed by atoms with E-state index in [1.807, 2.05) is 31.2 Å². The lowest BCUT2D eigenvalue weighted by atomic mass is 10.2. The lowest BCUT2D eigenvalue weighted by Gasteiger charge is -2.17. The van der Waals surface area contributed by atoms with E-state index in [0.717, 1.165) is 5.56 Å². The van der Waals surface area contributed by atoms with Crippen molar-refractivity contribution in [2.24, 2.45) is 0 Å². The molecule has 0 heterocycles. The van der Waals surface area contributed by atoms with E-state index in [2.05, 4.69) is 5.32 Å². The Labute approximate surface area is 133 Å². The molecule has 1 atom stereocenters. The van der Waals surface area contributed by atoms with Gasteiger partial charge in [0.2, 0.25) is 0 Å². The minimum atomic E-state index is -0.668. The van der Waals surface area contributed by atoms with E-state index < -0.39 is 6.10 Å². The lowest BCUT2D eigenvalue weighted by Crippen LogP contribution is -2.30. The molecule has 1 amide bonds. The van der Waals surface area contributed by atoms with Crippen molar-refractivity contribution in [2.45, 2.75) is 20.0 Å². The van der Waals surface area contributed by atoms with Crippen molar-refractivity contribution in [3.63, 3.8) is 0 Å². The first kappa shape index (κ1) is 15.7. The van der Waals surface area contributed by atoms with E-state index in [-0.39, 0.29) is 5.91 Å². The molecule has 21 heavy (non-hydrogen) atoms. The maximum Gasteiger partial charge on any atom is 0.265 e. The molecule has 0 unspecified atom stereocenters. The van der Waals surface area contributed by atoms with Gasteiger partial charge >= 0.3 is 0 Å². The molecule has 2 aromatic carbocycles. The van der Waals surface area contributed by atoms with Gasteiger partial charge in [-0.2, -0.15) is 0 Å². The second-order valence-electron chi connectivity index (χ2n) is 4.61. The molecule has 0 aromatic heterocycles. The third-order valence-corrected chi connectivity index (χ3v) is 3.61. The summed E-state index contributed by atoms with van der Waals surface area (Å²) in [5.74, 6) is 0.360. The van der Waals surface area contributed by atoms with E-state index in [9.17, 15) is 4.79 Å². The van der Waals surface area contributed by atoms with Crippen LogP contribution in [-0.4, -0.2) is 12.0 Å². The quantitative estimate of drug-likeness (QED) is 0.885. The summed E-state index contributed by atoms with van der Waals surface area (Å²) in [6.07, 6.45) is -0.668. The number of para-hydroxylation sites is 2. The summed E-state index contributed by atoms with van der Waals surface area (Å²) in [4.78, 5) is 12.2. The summed E-state index contributed by atoms with van der Waals surface area (Å²) in [6, 6.07) is 12.6. The van der Waals surface area contributed by atoms with Gasteiger partial charge in [-0.3, -0.25) is 4.79 Å². The Bertz CT molecular complexity index is 638. The van der Waals surface area contributed by atoms with Crippen molar-refractivity contribution in [3.8, 4) is 5.75 Å². The van der Waals surface area contributed by atoms with Gasteiger partial charge in [0.25, 0.3) is 5.91 Å². The number of amides is 1. The van der Waals surface area contributed by atoms with Gasteiger partial charge in [0.1, 0.15) is 5.75 Å². The first-order chi connectivity index (χ1) is 9.99. The summed E-state index contributed by atoms with van der Waals surface area (Å²) in [5, 5.41) is 3.47. The van der Waals surface area contributed by atoms with Gasteiger partial charge in [0.15, 0.2) is 6.10 Å². The molecule has 1 N–H and O–H groups in total. The molecule has 0 spiro atoms. The highest BCUT2D eigenvalue weighted by molar-refractivity contribution is 6.39. The van der Waals surface area contributed by atoms with Crippen LogP contribution in [0.5, 0.6) is 5.75 Å². The van der Waals surface area contributed by atoms with Gasteiger partial charge in [-0.1, -0.05) is 47.5 Å². The molecule has 0 fully saturated rings. The van der Waals surface area contributed by atoms with Crippen LogP contribution in [0.1, 0.15) is 12.5 Å². The monoisotopic (exact) mass is 323 g/mol. The minimum Gasteiger partial charge on any atom is -0.481 e. The fourth-order valence-electron chi connectivity index (χ4n) is 1.77. The number of hydrogen-bond acceptors (Lipinski definition) is 2. The van der Waals surface area contributed by atoms with Crippen molar-refractivity contribution < 1.29 is 9.53 Å². The molecule has 0 bridgehead atoms. The van der Waals surface area contributed by atoms with Crippen LogP contribution in [0.15, 0.2) is 42.5 Å². The summed E-state index contributed by atoms with van der Waals surface area (Å²) in [7, 11) is 0. The van der Waals surface area contributed by atoms with Crippen LogP contribution in [0.25, 0.3) is 0 Å². The summed E-state index contributed by atoms with van der Waals surface area (Å²) in [6.45, 7) is 3.59. The van der Waals surface area contributed by atoms with Crippen LogP contribution in [0.4, 0.5) is 5.69 Å². The van der Waals surface area contributed by atoms with Crippen LogP contribution < -0.4 is 10.1 Å². The molecule has 0 saturated heterocycles. The number of nitrogens with one attached hydrogen (secondary N) is 1. The molecule has 0 aliphatic heterocycles. The topological polar surface area (TPSA) is 38.3 Å². The van der Waals surface area contributed by atoms with Gasteiger partial charge < -0.3 is 10.1 Å². The number of anilines is 1. The number of carbonyl (C=O) groups is 1. The largest absolute Gasteiger partial charge is 0.481 e. The van der Waals surface area contributed by atoms with Crippen LogP contribution in [0.3, 0.4) is 0 Å². The fraction of sp³-hybridized carbons (Fsp3) is 0.188. The number of halogens is 2. The summed E-state index contributed by atoms with van der Waals surface area (Å²) >= 11 is 12.0. The van der Waals surface area contributed by atoms with Crippen molar-refractivity contribution in [3.05, 3.63) is 58.1 Å². The maximum absolute atomic E-state index is 12.2. The Balaban J connectivity index is 2.08. The van der Waals surface area contributed by atoms with E-state index in [1.165, 1.54) is 0 Å². The Hall–Kier alpha value is -1.71. The smallest absolute Gasteiger partial charge is 0.265 e. The SMILES string of the molecule is Cc1ccccc1O[C@H](C)C(=O)Nc1c(Cl)cccc1Cl. The molecular formula is C16H15Cl2NO2. The van der Waals surface area contributed by atoms with Crippen molar-refractivity contribution in [1.29, 1.82) is 0 Å². The van der Waals surface area contributed by atoms with Gasteiger partial charge in [0, 0.05) is 0 Å². The number of carbonyl (C=O) groups excluding carboxylic acids is 1. The Morgan fingerprint density at radius 1 is 1.10 bits per heavy atom. The Morgan fingerprint density at radius 3 is 2.33 bits per heavy atom. The third-order valence-electron chi connectivity index (χ3n) is 2.98. The zero-order chi connectivity index (χ0) is 15.4. The molecule has 0 aliphatic rings. The molecule has 0 radical (unpaired) electrons. The molecule has 5 heteroatoms. The van der Waals surface area contributed by atoms with Crippen molar-refractivity contribution in [2.75, 3.05) is 5.32 Å². The predicted octanol–water partition coefficient (Wildman–Crippen LogP) is 4.71. The molecule has 110 valence electrons. The standard InChI is InChI=1S/C16H15Cl2NO2/c1-10-6-3-4-9-14(10)21-11(2)16(20)19-15-12(17)7-5-8-13(15)18/h3-9,11H,1-2H3,(H,19,20)/t11-/m1/s1. The van der Waals surface area contributed by atoms with Crippen molar-refractivity contribution in [1.82, 2.24) is 0 Å². The molecule has 3 nitrogen and oxygen atoms in total.